The highest BCUT2D eigenvalue weighted by Crippen LogP contribution is 2.55. The Bertz CT molecular complexity index is 2490. The van der Waals surface area contributed by atoms with Gasteiger partial charge in [0.25, 0.3) is 0 Å². The van der Waals surface area contributed by atoms with Gasteiger partial charge in [0.05, 0.1) is 11.6 Å². The van der Waals surface area contributed by atoms with E-state index in [2.05, 4.69) is 125 Å². The van der Waals surface area contributed by atoms with Crippen LogP contribution >= 0.6 is 0 Å². The Balaban J connectivity index is 1.08. The molecule has 4 heteroatoms. The molecule has 5 unspecified atom stereocenters. The summed E-state index contributed by atoms with van der Waals surface area (Å²) < 4.78 is 0. The minimum Gasteiger partial charge on any atom is -0.208 e. The van der Waals surface area contributed by atoms with Gasteiger partial charge in [-0.05, 0) is 168 Å². The van der Waals surface area contributed by atoms with E-state index in [4.69, 9.17) is 15.0 Å². The van der Waals surface area contributed by atoms with E-state index in [0.29, 0.717) is 23.0 Å². The predicted octanol–water partition coefficient (Wildman–Crippen LogP) is 14.3. The highest BCUT2D eigenvalue weighted by Gasteiger charge is 2.46. The van der Waals surface area contributed by atoms with Crippen LogP contribution in [0.4, 0.5) is 0 Å². The van der Waals surface area contributed by atoms with E-state index >= 15 is 0 Å². The molecular formula is C56H58N4. The summed E-state index contributed by atoms with van der Waals surface area (Å²) in [6.07, 6.45) is 13.3. The molecule has 10 rings (SSSR count). The van der Waals surface area contributed by atoms with Crippen LogP contribution in [0.25, 0.3) is 56.4 Å². The van der Waals surface area contributed by atoms with Gasteiger partial charge in [-0.25, -0.2) is 15.0 Å². The number of hydrogen-bond acceptors (Lipinski definition) is 4. The van der Waals surface area contributed by atoms with Gasteiger partial charge in [-0.15, -0.1) is 0 Å². The Morgan fingerprint density at radius 2 is 0.867 bits per heavy atom. The van der Waals surface area contributed by atoms with Crippen molar-refractivity contribution in [1.29, 1.82) is 5.26 Å². The first-order valence-corrected chi connectivity index (χ1v) is 22.8. The summed E-state index contributed by atoms with van der Waals surface area (Å²) in [5.41, 5.74) is 11.5. The van der Waals surface area contributed by atoms with E-state index in [1.807, 2.05) is 30.3 Å². The Morgan fingerprint density at radius 1 is 0.433 bits per heavy atom. The molecule has 0 amide bonds. The highest BCUT2D eigenvalue weighted by molar-refractivity contribution is 5.86. The minimum atomic E-state index is 0.265. The molecule has 0 N–H and O–H groups in total. The number of fused-ring (bicyclic) bond motifs is 4. The molecule has 60 heavy (non-hydrogen) atoms. The van der Waals surface area contributed by atoms with Gasteiger partial charge in [-0.1, -0.05) is 125 Å². The van der Waals surface area contributed by atoms with Crippen LogP contribution < -0.4 is 0 Å². The lowest BCUT2D eigenvalue weighted by Gasteiger charge is -2.50. The molecule has 0 saturated heterocycles. The summed E-state index contributed by atoms with van der Waals surface area (Å²) in [5, 5.41) is 9.52. The number of hydrogen-bond donors (Lipinski definition) is 0. The van der Waals surface area contributed by atoms with Gasteiger partial charge in [0.2, 0.25) is 0 Å². The van der Waals surface area contributed by atoms with Crippen molar-refractivity contribution in [2.24, 2.45) is 35.5 Å². The number of nitriles is 1. The van der Waals surface area contributed by atoms with E-state index in [0.717, 1.165) is 74.5 Å². The van der Waals surface area contributed by atoms with Crippen molar-refractivity contribution in [3.05, 3.63) is 138 Å². The van der Waals surface area contributed by atoms with E-state index in [9.17, 15) is 5.26 Å². The summed E-state index contributed by atoms with van der Waals surface area (Å²) in [6, 6.07) is 46.0. The zero-order valence-electron chi connectivity index (χ0n) is 35.9. The van der Waals surface area contributed by atoms with Gasteiger partial charge in [0.15, 0.2) is 17.5 Å². The standard InChI is InChI=1S/C56H58N4/c1-36-24-41-25-37(2)30-55(29-36,33-41)48-19-14-44(15-20-48)51-28-47(43-12-10-40(35-57)11-13-43)18-23-50(51)54-59-52(45-8-6-5-7-9-45)58-53(60-54)46-16-21-49(22-17-46)56-31-38(3)26-42(34-56)27-39(4)32-56/h5-23,28,36-39,41-42H,24-27,29-34H2,1-4H3/t36-,37?,38-,39+,41?,42?,55?,56?/m0/s1. The van der Waals surface area contributed by atoms with Gasteiger partial charge >= 0.3 is 0 Å². The second-order valence-corrected chi connectivity index (χ2v) is 20.2. The van der Waals surface area contributed by atoms with Gasteiger partial charge in [-0.3, -0.25) is 0 Å². The average Bonchev–Trinajstić information content (AvgIpc) is 3.25. The molecule has 4 bridgehead atoms. The largest absolute Gasteiger partial charge is 0.208 e. The number of benzene rings is 5. The van der Waals surface area contributed by atoms with Crippen molar-refractivity contribution in [1.82, 2.24) is 15.0 Å². The van der Waals surface area contributed by atoms with Gasteiger partial charge in [0.1, 0.15) is 0 Å². The maximum absolute atomic E-state index is 9.52. The molecule has 8 atom stereocenters. The van der Waals surface area contributed by atoms with E-state index < -0.39 is 0 Å². The van der Waals surface area contributed by atoms with Crippen LogP contribution in [0, 0.1) is 46.8 Å². The molecule has 4 aliphatic carbocycles. The lowest BCUT2D eigenvalue weighted by atomic mass is 9.54. The van der Waals surface area contributed by atoms with E-state index in [1.54, 1.807) is 0 Å². The maximum Gasteiger partial charge on any atom is 0.164 e. The monoisotopic (exact) mass is 786 g/mol. The molecule has 0 radical (unpaired) electrons. The normalized spacial score (nSPS) is 28.4. The van der Waals surface area contributed by atoms with Crippen molar-refractivity contribution < 1.29 is 0 Å². The first-order valence-electron chi connectivity index (χ1n) is 22.8. The lowest BCUT2D eigenvalue weighted by Crippen LogP contribution is -2.42. The van der Waals surface area contributed by atoms with Crippen LogP contribution in [0.3, 0.4) is 0 Å². The van der Waals surface area contributed by atoms with E-state index in [-0.39, 0.29) is 10.8 Å². The molecule has 4 nitrogen and oxygen atoms in total. The van der Waals surface area contributed by atoms with Gasteiger partial charge < -0.3 is 0 Å². The van der Waals surface area contributed by atoms with Crippen molar-refractivity contribution in [2.45, 2.75) is 103 Å². The molecule has 1 heterocycles. The van der Waals surface area contributed by atoms with Crippen molar-refractivity contribution >= 4 is 0 Å². The number of rotatable bonds is 7. The quantitative estimate of drug-likeness (QED) is 0.162. The summed E-state index contributed by atoms with van der Waals surface area (Å²) >= 11 is 0. The molecule has 1 aromatic heterocycles. The second kappa shape index (κ2) is 15.6. The van der Waals surface area contributed by atoms with E-state index in [1.165, 1.54) is 75.3 Å². The average molecular weight is 787 g/mol. The van der Waals surface area contributed by atoms with Crippen molar-refractivity contribution in [3.63, 3.8) is 0 Å². The van der Waals surface area contributed by atoms with Crippen LogP contribution in [-0.2, 0) is 10.8 Å². The molecule has 4 fully saturated rings. The fourth-order valence-corrected chi connectivity index (χ4v) is 13.3. The topological polar surface area (TPSA) is 62.5 Å². The van der Waals surface area contributed by atoms with Crippen LogP contribution in [0.1, 0.15) is 109 Å². The minimum absolute atomic E-state index is 0.265. The number of nitrogens with zero attached hydrogens (tertiary/aromatic N) is 4. The third-order valence-electron chi connectivity index (χ3n) is 15.1. The van der Waals surface area contributed by atoms with Gasteiger partial charge in [0, 0.05) is 16.7 Å². The van der Waals surface area contributed by atoms with Crippen LogP contribution in [0.15, 0.2) is 121 Å². The third-order valence-corrected chi connectivity index (χ3v) is 15.1. The van der Waals surface area contributed by atoms with Crippen molar-refractivity contribution in [3.8, 4) is 62.5 Å². The predicted molar refractivity (Wildman–Crippen MR) is 245 cm³/mol. The first-order chi connectivity index (χ1) is 29.1. The molecule has 4 aliphatic rings. The summed E-state index contributed by atoms with van der Waals surface area (Å²) in [5.74, 6) is 6.76. The number of aromatic nitrogens is 3. The van der Waals surface area contributed by atoms with Crippen LogP contribution in [0.2, 0.25) is 0 Å². The molecule has 0 spiro atoms. The fourth-order valence-electron chi connectivity index (χ4n) is 13.3. The summed E-state index contributed by atoms with van der Waals surface area (Å²) in [7, 11) is 0. The fraction of sp³-hybridized carbons (Fsp3) is 0.393. The Hall–Kier alpha value is -5.40. The molecule has 0 aliphatic heterocycles. The smallest absolute Gasteiger partial charge is 0.164 e. The molecule has 6 aromatic rings. The zero-order valence-corrected chi connectivity index (χ0v) is 35.9. The maximum atomic E-state index is 9.52. The molecule has 4 saturated carbocycles. The molecular weight excluding hydrogens is 729 g/mol. The first kappa shape index (κ1) is 38.8. The Kier molecular flexibility index (Phi) is 10.1. The second-order valence-electron chi connectivity index (χ2n) is 20.2. The summed E-state index contributed by atoms with van der Waals surface area (Å²) in [6.45, 7) is 9.86. The van der Waals surface area contributed by atoms with Crippen LogP contribution in [0.5, 0.6) is 0 Å². The van der Waals surface area contributed by atoms with Crippen molar-refractivity contribution in [2.75, 3.05) is 0 Å². The summed E-state index contributed by atoms with van der Waals surface area (Å²) in [4.78, 5) is 15.7. The third kappa shape index (κ3) is 7.40. The van der Waals surface area contributed by atoms with Crippen LogP contribution in [-0.4, -0.2) is 15.0 Å². The highest BCUT2D eigenvalue weighted by atomic mass is 15.0. The molecule has 5 aromatic carbocycles. The van der Waals surface area contributed by atoms with Gasteiger partial charge in [-0.2, -0.15) is 5.26 Å². The molecule has 302 valence electrons. The SMILES string of the molecule is CC1CC2C[C@H](C)CC(c3ccc(-c4cc(-c5ccc(C#N)cc5)ccc4-c4nc(-c5ccccc5)nc(-c5ccc(C67CC(C[C@@H](C)C6)C[C@H](C)C7)cc5)n4)cc3)(C1)C2. The Labute approximate surface area is 357 Å². The lowest BCUT2D eigenvalue weighted by molar-refractivity contribution is 0.0779. The zero-order chi connectivity index (χ0) is 41.0. The Morgan fingerprint density at radius 3 is 1.37 bits per heavy atom.